The zero-order valence-corrected chi connectivity index (χ0v) is 12.6. The van der Waals surface area contributed by atoms with Gasteiger partial charge in [-0.05, 0) is 23.7 Å². The number of rotatable bonds is 4. The predicted octanol–water partition coefficient (Wildman–Crippen LogP) is 1.80. The van der Waals surface area contributed by atoms with Gasteiger partial charge in [0.1, 0.15) is 0 Å². The summed E-state index contributed by atoms with van der Waals surface area (Å²) in [7, 11) is 0. The Labute approximate surface area is 120 Å². The van der Waals surface area contributed by atoms with Crippen LogP contribution in [0.1, 0.15) is 26.3 Å². The van der Waals surface area contributed by atoms with Crippen LogP contribution in [0.4, 0.5) is 0 Å². The number of nitrogens with one attached hydrogen (secondary N) is 2. The van der Waals surface area contributed by atoms with Gasteiger partial charge in [0.05, 0.1) is 6.54 Å². The molecule has 0 aliphatic heterocycles. The predicted molar refractivity (Wildman–Crippen MR) is 83.6 cm³/mol. The number of carbonyl (C=O) groups is 1. The van der Waals surface area contributed by atoms with E-state index in [4.69, 9.17) is 5.73 Å². The second-order valence-corrected chi connectivity index (χ2v) is 5.15. The average Bonchev–Trinajstić information content (AvgIpc) is 2.34. The van der Waals surface area contributed by atoms with Crippen molar-refractivity contribution in [3.8, 4) is 0 Å². The lowest BCUT2D eigenvalue weighted by Gasteiger charge is -2.06. The minimum Gasteiger partial charge on any atom is -0.376 e. The number of thiocarbonyl (C=S) groups is 1. The van der Waals surface area contributed by atoms with Crippen LogP contribution in [0.15, 0.2) is 30.3 Å². The molecule has 0 saturated carbocycles. The molecule has 0 aliphatic rings. The SMILES string of the molecule is CC(C)C.NC(=S)NCC(=O)NCc1ccccc1. The van der Waals surface area contributed by atoms with E-state index in [1.54, 1.807) is 0 Å². The molecule has 0 unspecified atom stereocenters. The molecule has 0 bridgehead atoms. The minimum atomic E-state index is -0.133. The first kappa shape index (κ1) is 17.4. The second-order valence-electron chi connectivity index (χ2n) is 4.71. The summed E-state index contributed by atoms with van der Waals surface area (Å²) in [6.45, 7) is 7.13. The van der Waals surface area contributed by atoms with Crippen LogP contribution < -0.4 is 16.4 Å². The topological polar surface area (TPSA) is 67.1 Å². The maximum Gasteiger partial charge on any atom is 0.239 e. The third kappa shape index (κ3) is 12.6. The Bertz CT molecular complexity index is 377. The van der Waals surface area contributed by atoms with Crippen molar-refractivity contribution in [2.24, 2.45) is 11.7 Å². The molecule has 0 heterocycles. The molecule has 0 spiro atoms. The molecule has 1 aromatic rings. The van der Waals surface area contributed by atoms with E-state index in [-0.39, 0.29) is 17.6 Å². The smallest absolute Gasteiger partial charge is 0.239 e. The number of benzene rings is 1. The van der Waals surface area contributed by atoms with Gasteiger partial charge in [-0.1, -0.05) is 51.1 Å². The molecular weight excluding hydrogens is 258 g/mol. The molecule has 0 aromatic heterocycles. The maximum absolute atomic E-state index is 11.2. The van der Waals surface area contributed by atoms with E-state index in [1.807, 2.05) is 30.3 Å². The summed E-state index contributed by atoms with van der Waals surface area (Å²) in [5.74, 6) is 0.701. The number of hydrogen-bond donors (Lipinski definition) is 3. The second kappa shape index (κ2) is 10.3. The summed E-state index contributed by atoms with van der Waals surface area (Å²) in [5.41, 5.74) is 6.24. The van der Waals surface area contributed by atoms with Crippen LogP contribution in [0.25, 0.3) is 0 Å². The molecule has 19 heavy (non-hydrogen) atoms. The summed E-state index contributed by atoms with van der Waals surface area (Å²) in [4.78, 5) is 11.2. The van der Waals surface area contributed by atoms with E-state index in [1.165, 1.54) is 0 Å². The van der Waals surface area contributed by atoms with Crippen molar-refractivity contribution in [1.82, 2.24) is 10.6 Å². The molecule has 0 saturated heterocycles. The van der Waals surface area contributed by atoms with Gasteiger partial charge in [-0.2, -0.15) is 0 Å². The molecule has 0 atom stereocenters. The molecule has 0 radical (unpaired) electrons. The van der Waals surface area contributed by atoms with Gasteiger partial charge in [-0.25, -0.2) is 0 Å². The molecule has 4 N–H and O–H groups in total. The van der Waals surface area contributed by atoms with Crippen molar-refractivity contribution < 1.29 is 4.79 Å². The van der Waals surface area contributed by atoms with E-state index in [9.17, 15) is 4.79 Å². The van der Waals surface area contributed by atoms with Gasteiger partial charge in [-0.15, -0.1) is 0 Å². The molecule has 0 fully saturated rings. The normalized spacial score (nSPS) is 9.26. The van der Waals surface area contributed by atoms with Gasteiger partial charge in [0.25, 0.3) is 0 Å². The van der Waals surface area contributed by atoms with Crippen LogP contribution in [-0.2, 0) is 11.3 Å². The highest BCUT2D eigenvalue weighted by Gasteiger charge is 2.00. The van der Waals surface area contributed by atoms with E-state index >= 15 is 0 Å². The van der Waals surface area contributed by atoms with Crippen LogP contribution in [0, 0.1) is 5.92 Å². The molecule has 0 aliphatic carbocycles. The van der Waals surface area contributed by atoms with Gasteiger partial charge in [0, 0.05) is 6.54 Å². The zero-order valence-electron chi connectivity index (χ0n) is 11.8. The highest BCUT2D eigenvalue weighted by Crippen LogP contribution is 1.96. The maximum atomic E-state index is 11.2. The number of nitrogens with two attached hydrogens (primary N) is 1. The van der Waals surface area contributed by atoms with Crippen molar-refractivity contribution in [2.75, 3.05) is 6.54 Å². The lowest BCUT2D eigenvalue weighted by Crippen LogP contribution is -2.38. The third-order valence-electron chi connectivity index (χ3n) is 1.76. The molecule has 5 heteroatoms. The highest BCUT2D eigenvalue weighted by atomic mass is 32.1. The Hall–Kier alpha value is -1.62. The number of hydrogen-bond acceptors (Lipinski definition) is 2. The fourth-order valence-electron chi connectivity index (χ4n) is 1.03. The monoisotopic (exact) mass is 281 g/mol. The summed E-state index contributed by atoms with van der Waals surface area (Å²) in [6, 6.07) is 9.67. The van der Waals surface area contributed by atoms with Gasteiger partial charge in [0.2, 0.25) is 5.91 Å². The third-order valence-corrected chi connectivity index (χ3v) is 1.90. The van der Waals surface area contributed by atoms with Gasteiger partial charge >= 0.3 is 0 Å². The highest BCUT2D eigenvalue weighted by molar-refractivity contribution is 7.80. The van der Waals surface area contributed by atoms with E-state index < -0.39 is 0 Å². The number of carbonyl (C=O) groups excluding carboxylic acids is 1. The molecule has 1 aromatic carbocycles. The first-order valence-corrected chi connectivity index (χ1v) is 6.66. The fourth-order valence-corrected chi connectivity index (χ4v) is 1.10. The summed E-state index contributed by atoms with van der Waals surface area (Å²) in [6.07, 6.45) is 0. The van der Waals surface area contributed by atoms with Crippen LogP contribution in [-0.4, -0.2) is 17.6 Å². The minimum absolute atomic E-state index is 0.113. The Kier molecular flexibility index (Phi) is 9.44. The molecule has 1 rings (SSSR count). The Morgan fingerprint density at radius 3 is 2.21 bits per heavy atom. The molecule has 106 valence electrons. The standard InChI is InChI=1S/C10H13N3OS.C4H10/c11-10(15)13-7-9(14)12-6-8-4-2-1-3-5-8;1-4(2)3/h1-5H,6-7H2,(H,12,14)(H3,11,13,15);4H,1-3H3. The summed E-state index contributed by atoms with van der Waals surface area (Å²) >= 11 is 4.58. The van der Waals surface area contributed by atoms with Gasteiger partial charge in [0.15, 0.2) is 5.11 Å². The number of amides is 1. The lowest BCUT2D eigenvalue weighted by molar-refractivity contribution is -0.120. The van der Waals surface area contributed by atoms with Crippen LogP contribution in [0.3, 0.4) is 0 Å². The van der Waals surface area contributed by atoms with Crippen molar-refractivity contribution in [3.05, 3.63) is 35.9 Å². The van der Waals surface area contributed by atoms with Gasteiger partial charge in [-0.3, -0.25) is 4.79 Å². The van der Waals surface area contributed by atoms with E-state index in [2.05, 4.69) is 43.6 Å². The van der Waals surface area contributed by atoms with Crippen molar-refractivity contribution in [2.45, 2.75) is 27.3 Å². The lowest BCUT2D eigenvalue weighted by atomic mass is 10.2. The van der Waals surface area contributed by atoms with Crippen molar-refractivity contribution in [3.63, 3.8) is 0 Å². The fraction of sp³-hybridized carbons (Fsp3) is 0.429. The molecule has 1 amide bonds. The van der Waals surface area contributed by atoms with Gasteiger partial charge < -0.3 is 16.4 Å². The average molecular weight is 281 g/mol. The molecular formula is C14H23N3OS. The largest absolute Gasteiger partial charge is 0.376 e. The first-order valence-electron chi connectivity index (χ1n) is 6.25. The summed E-state index contributed by atoms with van der Waals surface area (Å²) in [5, 5.41) is 5.45. The van der Waals surface area contributed by atoms with Crippen LogP contribution >= 0.6 is 12.2 Å². The zero-order chi connectivity index (χ0) is 14.7. The Morgan fingerprint density at radius 1 is 1.21 bits per heavy atom. The van der Waals surface area contributed by atoms with Crippen molar-refractivity contribution in [1.29, 1.82) is 0 Å². The van der Waals surface area contributed by atoms with Crippen molar-refractivity contribution >= 4 is 23.2 Å². The molecule has 4 nitrogen and oxygen atoms in total. The van der Waals surface area contributed by atoms with E-state index in [0.717, 1.165) is 11.5 Å². The quantitative estimate of drug-likeness (QED) is 0.736. The van der Waals surface area contributed by atoms with Crippen LogP contribution in [0.5, 0.6) is 0 Å². The Morgan fingerprint density at radius 2 is 1.74 bits per heavy atom. The Balaban J connectivity index is 0.000000711. The van der Waals surface area contributed by atoms with E-state index in [0.29, 0.717) is 6.54 Å². The van der Waals surface area contributed by atoms with Crippen LogP contribution in [0.2, 0.25) is 0 Å². The summed E-state index contributed by atoms with van der Waals surface area (Å²) < 4.78 is 0. The first-order chi connectivity index (χ1) is 8.91.